The van der Waals surface area contributed by atoms with Crippen molar-refractivity contribution in [2.75, 3.05) is 5.32 Å². The Morgan fingerprint density at radius 1 is 1.33 bits per heavy atom. The fourth-order valence-corrected chi connectivity index (χ4v) is 2.61. The molecule has 9 heteroatoms. The van der Waals surface area contributed by atoms with E-state index in [2.05, 4.69) is 10.4 Å². The van der Waals surface area contributed by atoms with Crippen LogP contribution in [0.3, 0.4) is 0 Å². The summed E-state index contributed by atoms with van der Waals surface area (Å²) in [5.74, 6) is 0. The first-order valence-corrected chi connectivity index (χ1v) is 7.88. The normalized spacial score (nSPS) is 21.7. The number of para-hydroxylation sites is 1. The van der Waals surface area contributed by atoms with Crippen LogP contribution in [0, 0.1) is 5.41 Å². The average molecular weight is 380 g/mol. The summed E-state index contributed by atoms with van der Waals surface area (Å²) >= 11 is 11.0. The van der Waals surface area contributed by atoms with Gasteiger partial charge in [-0.25, -0.2) is 0 Å². The van der Waals surface area contributed by atoms with Crippen molar-refractivity contribution in [2.45, 2.75) is 39.1 Å². The summed E-state index contributed by atoms with van der Waals surface area (Å²) in [5, 5.41) is 17.1. The number of thiocarbonyl (C=S) groups is 1. The van der Waals surface area contributed by atoms with Gasteiger partial charge in [0.15, 0.2) is 5.11 Å². The van der Waals surface area contributed by atoms with Gasteiger partial charge in [-0.15, -0.1) is 0 Å². The van der Waals surface area contributed by atoms with Crippen LogP contribution in [-0.4, -0.2) is 32.8 Å². The van der Waals surface area contributed by atoms with E-state index < -0.39 is 23.7 Å². The first-order chi connectivity index (χ1) is 10.9. The molecule has 132 valence electrons. The van der Waals surface area contributed by atoms with E-state index in [0.29, 0.717) is 10.7 Å². The van der Waals surface area contributed by atoms with E-state index in [1.165, 1.54) is 0 Å². The number of hydrazone groups is 1. The van der Waals surface area contributed by atoms with Crippen LogP contribution in [0.1, 0.15) is 27.2 Å². The maximum absolute atomic E-state index is 13.5. The molecule has 24 heavy (non-hydrogen) atoms. The monoisotopic (exact) mass is 379 g/mol. The fraction of sp³-hybridized carbons (Fsp3) is 0.467. The van der Waals surface area contributed by atoms with Gasteiger partial charge in [-0.2, -0.15) is 23.3 Å². The smallest absolute Gasteiger partial charge is 0.362 e. The molecule has 0 bridgehead atoms. The van der Waals surface area contributed by atoms with Crippen molar-refractivity contribution in [2.24, 2.45) is 10.5 Å². The van der Waals surface area contributed by atoms with Crippen LogP contribution in [0.2, 0.25) is 5.02 Å². The van der Waals surface area contributed by atoms with E-state index in [1.807, 2.05) is 0 Å². The second-order valence-electron chi connectivity index (χ2n) is 6.51. The number of hydrogen-bond donors (Lipinski definition) is 2. The zero-order valence-corrected chi connectivity index (χ0v) is 14.9. The third kappa shape index (κ3) is 3.50. The van der Waals surface area contributed by atoms with Crippen LogP contribution in [-0.2, 0) is 0 Å². The number of anilines is 1. The Morgan fingerprint density at radius 2 is 1.92 bits per heavy atom. The molecule has 0 saturated carbocycles. The number of aliphatic hydroxyl groups is 1. The Bertz CT molecular complexity index is 687. The lowest BCUT2D eigenvalue weighted by molar-refractivity contribution is -0.294. The molecule has 1 heterocycles. The van der Waals surface area contributed by atoms with Gasteiger partial charge in [-0.05, 0) is 24.4 Å². The minimum absolute atomic E-state index is 0.200. The van der Waals surface area contributed by atoms with Crippen molar-refractivity contribution in [3.8, 4) is 0 Å². The van der Waals surface area contributed by atoms with Crippen LogP contribution < -0.4 is 5.32 Å². The molecular weight excluding hydrogens is 363 g/mol. The molecule has 0 spiro atoms. The zero-order valence-electron chi connectivity index (χ0n) is 13.3. The third-order valence-corrected chi connectivity index (χ3v) is 4.22. The zero-order chi connectivity index (χ0) is 18.3. The molecule has 0 aromatic heterocycles. The summed E-state index contributed by atoms with van der Waals surface area (Å²) in [6.07, 6.45) is -5.61. The molecule has 0 radical (unpaired) electrons. The molecule has 0 saturated heterocycles. The average Bonchev–Trinajstić information content (AvgIpc) is 2.80. The number of rotatable bonds is 1. The van der Waals surface area contributed by atoms with Crippen LogP contribution >= 0.6 is 23.8 Å². The highest BCUT2D eigenvalue weighted by Gasteiger charge is 2.63. The third-order valence-electron chi connectivity index (χ3n) is 3.61. The van der Waals surface area contributed by atoms with E-state index in [1.54, 1.807) is 45.0 Å². The number of alkyl halides is 3. The van der Waals surface area contributed by atoms with Gasteiger partial charge in [-0.1, -0.05) is 44.5 Å². The predicted octanol–water partition coefficient (Wildman–Crippen LogP) is 4.40. The molecule has 1 atom stereocenters. The number of hydrogen-bond acceptors (Lipinski definition) is 3. The van der Waals surface area contributed by atoms with Crippen molar-refractivity contribution in [3.05, 3.63) is 29.3 Å². The highest BCUT2D eigenvalue weighted by Crippen LogP contribution is 2.43. The minimum Gasteiger partial charge on any atom is -0.362 e. The number of nitrogens with one attached hydrogen (secondary N) is 1. The number of halogens is 4. The Labute approximate surface area is 148 Å². The molecule has 1 unspecified atom stereocenters. The SMILES string of the molecule is CC(C)(C)C1=NN(C(=S)Nc2ccccc2Cl)C(O)(C(F)(F)F)C1. The quantitative estimate of drug-likeness (QED) is 0.710. The number of benzene rings is 1. The molecule has 4 nitrogen and oxygen atoms in total. The highest BCUT2D eigenvalue weighted by atomic mass is 35.5. The van der Waals surface area contributed by atoms with Gasteiger partial charge >= 0.3 is 6.18 Å². The number of nitrogens with zero attached hydrogens (tertiary/aromatic N) is 2. The Balaban J connectivity index is 2.37. The second kappa shape index (κ2) is 6.16. The fourth-order valence-electron chi connectivity index (χ4n) is 2.13. The van der Waals surface area contributed by atoms with Crippen molar-refractivity contribution in [1.29, 1.82) is 0 Å². The van der Waals surface area contributed by atoms with Gasteiger partial charge in [0, 0.05) is 17.5 Å². The molecule has 1 aliphatic heterocycles. The summed E-state index contributed by atoms with van der Waals surface area (Å²) in [5.41, 5.74) is -3.31. The summed E-state index contributed by atoms with van der Waals surface area (Å²) in [7, 11) is 0. The predicted molar refractivity (Wildman–Crippen MR) is 92.0 cm³/mol. The van der Waals surface area contributed by atoms with Crippen LogP contribution in [0.25, 0.3) is 0 Å². The lowest BCUT2D eigenvalue weighted by Crippen LogP contribution is -2.57. The molecule has 0 fully saturated rings. The minimum atomic E-state index is -4.93. The summed E-state index contributed by atoms with van der Waals surface area (Å²) < 4.78 is 40.4. The molecule has 0 aliphatic carbocycles. The first kappa shape index (κ1) is 19.0. The maximum atomic E-state index is 13.5. The lowest BCUT2D eigenvalue weighted by Gasteiger charge is -2.34. The highest BCUT2D eigenvalue weighted by molar-refractivity contribution is 7.80. The topological polar surface area (TPSA) is 47.9 Å². The standard InChI is InChI=1S/C15H17ClF3N3OS/c1-13(2,3)11-8-14(23,15(17,18)19)22(21-11)12(24)20-10-7-5-4-6-9(10)16/h4-7,23H,8H2,1-3H3,(H,20,24). The van der Waals surface area contributed by atoms with E-state index in [4.69, 9.17) is 23.8 Å². The van der Waals surface area contributed by atoms with Gasteiger partial charge in [0.2, 0.25) is 0 Å². The Hall–Kier alpha value is -1.38. The molecular formula is C15H17ClF3N3OS. The first-order valence-electron chi connectivity index (χ1n) is 7.09. The molecule has 0 amide bonds. The lowest BCUT2D eigenvalue weighted by atomic mass is 9.86. The van der Waals surface area contributed by atoms with Crippen molar-refractivity contribution >= 4 is 40.3 Å². The van der Waals surface area contributed by atoms with Gasteiger partial charge < -0.3 is 10.4 Å². The maximum Gasteiger partial charge on any atom is 0.438 e. The van der Waals surface area contributed by atoms with E-state index in [9.17, 15) is 18.3 Å². The van der Waals surface area contributed by atoms with Gasteiger partial charge in [-0.3, -0.25) is 0 Å². The van der Waals surface area contributed by atoms with Crippen molar-refractivity contribution in [3.63, 3.8) is 0 Å². The van der Waals surface area contributed by atoms with Crippen molar-refractivity contribution in [1.82, 2.24) is 5.01 Å². The molecule has 1 aromatic carbocycles. The summed E-state index contributed by atoms with van der Waals surface area (Å²) in [6, 6.07) is 6.46. The van der Waals surface area contributed by atoms with E-state index in [0.717, 1.165) is 0 Å². The molecule has 2 rings (SSSR count). The van der Waals surface area contributed by atoms with Gasteiger partial charge in [0.1, 0.15) is 0 Å². The molecule has 2 N–H and O–H groups in total. The van der Waals surface area contributed by atoms with Gasteiger partial charge in [0.05, 0.1) is 10.7 Å². The van der Waals surface area contributed by atoms with Crippen LogP contribution in [0.15, 0.2) is 29.4 Å². The Morgan fingerprint density at radius 3 is 2.42 bits per heavy atom. The van der Waals surface area contributed by atoms with E-state index >= 15 is 0 Å². The molecule has 1 aromatic rings. The summed E-state index contributed by atoms with van der Waals surface area (Å²) in [6.45, 7) is 5.16. The van der Waals surface area contributed by atoms with Crippen molar-refractivity contribution < 1.29 is 18.3 Å². The van der Waals surface area contributed by atoms with Gasteiger partial charge in [0.25, 0.3) is 5.72 Å². The van der Waals surface area contributed by atoms with Crippen LogP contribution in [0.5, 0.6) is 0 Å². The largest absolute Gasteiger partial charge is 0.438 e. The second-order valence-corrected chi connectivity index (χ2v) is 7.30. The van der Waals surface area contributed by atoms with Crippen LogP contribution in [0.4, 0.5) is 18.9 Å². The Kier molecular flexibility index (Phi) is 4.87. The van der Waals surface area contributed by atoms with E-state index in [-0.39, 0.29) is 15.8 Å². The molecule has 1 aliphatic rings. The summed E-state index contributed by atoms with van der Waals surface area (Å²) in [4.78, 5) is 0.